The molecule has 0 amide bonds. The van der Waals surface area contributed by atoms with Crippen LogP contribution in [0.15, 0.2) is 48.5 Å². The molecule has 46 heavy (non-hydrogen) atoms. The maximum atomic E-state index is 8.48. The largest absolute Gasteiger partial charge is 0.399 e. The molecule has 1 aromatic heterocycles. The van der Waals surface area contributed by atoms with E-state index in [4.69, 9.17) is 16.7 Å². The van der Waals surface area contributed by atoms with E-state index in [0.717, 1.165) is 35.6 Å². The molecule has 0 aliphatic carbocycles. The van der Waals surface area contributed by atoms with E-state index in [9.17, 15) is 0 Å². The number of nitrogens with one attached hydrogen (secondary N) is 2. The van der Waals surface area contributed by atoms with Crippen LogP contribution < -0.4 is 27.0 Å². The summed E-state index contributed by atoms with van der Waals surface area (Å²) in [4.78, 5) is 2.59. The van der Waals surface area contributed by atoms with E-state index in [1.165, 1.54) is 98.0 Å². The number of thiophene rings is 1. The van der Waals surface area contributed by atoms with Crippen molar-refractivity contribution >= 4 is 38.4 Å². The first-order valence-electron chi connectivity index (χ1n) is 17.5. The van der Waals surface area contributed by atoms with Crippen molar-refractivity contribution in [2.45, 2.75) is 106 Å². The van der Waals surface area contributed by atoms with Crippen LogP contribution >= 0.6 is 11.3 Å². The van der Waals surface area contributed by atoms with E-state index < -0.39 is 0 Å². The van der Waals surface area contributed by atoms with Crippen LogP contribution in [0, 0.1) is 30.1 Å². The Balaban J connectivity index is 0.000000368. The molecule has 6 N–H and O–H groups in total. The van der Waals surface area contributed by atoms with Crippen LogP contribution in [-0.2, 0) is 6.42 Å². The molecule has 3 aromatic rings. The molecule has 256 valence electrons. The summed E-state index contributed by atoms with van der Waals surface area (Å²) in [5, 5.41) is 16.0. The molecule has 0 atom stereocenters. The van der Waals surface area contributed by atoms with Crippen LogP contribution in [0.1, 0.15) is 109 Å². The third-order valence-corrected chi connectivity index (χ3v) is 9.81. The quantitative estimate of drug-likeness (QED) is 0.0858. The van der Waals surface area contributed by atoms with Crippen molar-refractivity contribution in [1.82, 2.24) is 0 Å². The Hall–Kier alpha value is -3.37. The average molecular weight is 649 g/mol. The summed E-state index contributed by atoms with van der Waals surface area (Å²) in [7, 11) is 3.76. The highest BCUT2D eigenvalue weighted by Gasteiger charge is 2.16. The van der Waals surface area contributed by atoms with Gasteiger partial charge in [0.1, 0.15) is 11.1 Å². The molecule has 0 bridgehead atoms. The lowest BCUT2D eigenvalue weighted by Crippen LogP contribution is -2.33. The topological polar surface area (TPSA) is 103 Å². The first-order valence-corrected chi connectivity index (χ1v) is 18.4. The van der Waals surface area contributed by atoms with Gasteiger partial charge in [-0.1, -0.05) is 98.1 Å². The second-order valence-electron chi connectivity index (χ2n) is 12.2. The molecule has 7 heteroatoms. The van der Waals surface area contributed by atoms with E-state index in [1.807, 2.05) is 13.1 Å². The van der Waals surface area contributed by atoms with Gasteiger partial charge in [-0.25, -0.2) is 0 Å². The lowest BCUT2D eigenvalue weighted by molar-refractivity contribution is 0.434. The van der Waals surface area contributed by atoms with Crippen molar-refractivity contribution in [1.29, 1.82) is 5.26 Å². The van der Waals surface area contributed by atoms with Gasteiger partial charge in [-0.3, -0.25) is 0 Å². The summed E-state index contributed by atoms with van der Waals surface area (Å²) < 4.78 is 0. The van der Waals surface area contributed by atoms with E-state index in [-0.39, 0.29) is 0 Å². The molecule has 0 aliphatic rings. The third kappa shape index (κ3) is 15.3. The van der Waals surface area contributed by atoms with Crippen molar-refractivity contribution in [2.75, 3.05) is 54.2 Å². The van der Waals surface area contributed by atoms with Crippen molar-refractivity contribution in [2.24, 2.45) is 11.8 Å². The number of aryl methyl sites for hydroxylation is 2. The van der Waals surface area contributed by atoms with Gasteiger partial charge in [0.15, 0.2) is 0 Å². The Bertz CT molecular complexity index is 1220. The summed E-state index contributed by atoms with van der Waals surface area (Å²) >= 11 is 1.38. The molecule has 0 saturated heterocycles. The molecular weight excluding hydrogens is 585 g/mol. The lowest BCUT2D eigenvalue weighted by atomic mass is 9.98. The normalized spacial score (nSPS) is 10.5. The van der Waals surface area contributed by atoms with Gasteiger partial charge in [-0.05, 0) is 79.1 Å². The van der Waals surface area contributed by atoms with Crippen LogP contribution in [-0.4, -0.2) is 27.2 Å². The number of nitrogens with zero attached hydrogens (tertiary/aromatic N) is 2. The van der Waals surface area contributed by atoms with E-state index in [0.29, 0.717) is 10.6 Å². The van der Waals surface area contributed by atoms with Gasteiger partial charge < -0.3 is 27.0 Å². The molecule has 0 radical (unpaired) electrons. The zero-order valence-corrected chi connectivity index (χ0v) is 31.0. The van der Waals surface area contributed by atoms with Gasteiger partial charge in [-0.15, -0.1) is 11.3 Å². The molecule has 2 aromatic carbocycles. The maximum Gasteiger partial charge on any atom is 0.106 e. The highest BCUT2D eigenvalue weighted by molar-refractivity contribution is 7.20. The molecule has 1 heterocycles. The second kappa shape index (κ2) is 23.9. The summed E-state index contributed by atoms with van der Waals surface area (Å²) in [6, 6.07) is 19.0. The fourth-order valence-corrected chi connectivity index (χ4v) is 5.98. The Morgan fingerprint density at radius 1 is 0.783 bits per heavy atom. The highest BCUT2D eigenvalue weighted by atomic mass is 32.1. The van der Waals surface area contributed by atoms with Crippen LogP contribution in [0.2, 0.25) is 0 Å². The van der Waals surface area contributed by atoms with Gasteiger partial charge in [0, 0.05) is 44.2 Å². The fraction of sp³-hybridized carbons (Fsp3) is 0.564. The molecule has 6 nitrogen and oxygen atoms in total. The number of unbranched alkanes of at least 4 members (excludes halogenated alkanes) is 4. The van der Waals surface area contributed by atoms with E-state index >= 15 is 0 Å². The van der Waals surface area contributed by atoms with Gasteiger partial charge in [-0.2, -0.15) is 5.26 Å². The van der Waals surface area contributed by atoms with Crippen LogP contribution in [0.5, 0.6) is 0 Å². The Kier molecular flexibility index (Phi) is 21.1. The summed E-state index contributed by atoms with van der Waals surface area (Å²) in [5.41, 5.74) is 18.1. The molecule has 0 saturated carbocycles. The Morgan fingerprint density at radius 3 is 1.80 bits per heavy atom. The van der Waals surface area contributed by atoms with Gasteiger partial charge in [0.25, 0.3) is 0 Å². The Labute approximate surface area is 286 Å². The number of nitriles is 1. The van der Waals surface area contributed by atoms with Gasteiger partial charge in [0.05, 0.1) is 10.6 Å². The van der Waals surface area contributed by atoms with Gasteiger partial charge in [0.2, 0.25) is 0 Å². The monoisotopic (exact) mass is 648 g/mol. The number of nitrogens with two attached hydrogens (primary N) is 2. The fourth-order valence-electron chi connectivity index (χ4n) is 5.25. The molecular formula is C39H64N6S. The molecule has 0 unspecified atom stereocenters. The molecule has 0 aliphatic heterocycles. The smallest absolute Gasteiger partial charge is 0.106 e. The zero-order chi connectivity index (χ0) is 34.3. The summed E-state index contributed by atoms with van der Waals surface area (Å²) in [5.74, 6) is 1.55. The number of anilines is 5. The first kappa shape index (κ1) is 40.7. The Morgan fingerprint density at radius 2 is 1.37 bits per heavy atom. The van der Waals surface area contributed by atoms with E-state index in [2.05, 4.69) is 99.5 Å². The minimum Gasteiger partial charge on any atom is -0.399 e. The highest BCUT2D eigenvalue weighted by Crippen LogP contribution is 2.28. The zero-order valence-electron chi connectivity index (χ0n) is 30.2. The second-order valence-corrected chi connectivity index (χ2v) is 13.3. The number of benzene rings is 2. The van der Waals surface area contributed by atoms with Crippen molar-refractivity contribution in [3.8, 4) is 6.07 Å². The number of hydrogen-bond donors (Lipinski definition) is 4. The summed E-state index contributed by atoms with van der Waals surface area (Å²) in [6.45, 7) is 15.9. The number of nitrogen functional groups attached to an aromatic ring is 2. The third-order valence-electron chi connectivity index (χ3n) is 8.82. The first-order chi connectivity index (χ1) is 22.2. The van der Waals surface area contributed by atoms with Crippen LogP contribution in [0.3, 0.4) is 0 Å². The van der Waals surface area contributed by atoms with Gasteiger partial charge >= 0.3 is 0 Å². The minimum atomic E-state index is 0.550. The molecule has 3 rings (SSSR count). The van der Waals surface area contributed by atoms with Crippen LogP contribution in [0.4, 0.5) is 27.1 Å². The minimum absolute atomic E-state index is 0.550. The lowest BCUT2D eigenvalue weighted by Gasteiger charge is -2.32. The average Bonchev–Trinajstić information content (AvgIpc) is 3.46. The van der Waals surface area contributed by atoms with Crippen molar-refractivity contribution in [3.63, 3.8) is 0 Å². The predicted octanol–water partition coefficient (Wildman–Crippen LogP) is 10.7. The summed E-state index contributed by atoms with van der Waals surface area (Å²) in [6.07, 6.45) is 13.1. The van der Waals surface area contributed by atoms with Crippen molar-refractivity contribution in [3.05, 3.63) is 65.2 Å². The number of rotatable bonds is 17. The SMILES string of the molecule is CCC(CC)CN(CC(CC)CC)c1ccc(N)c(C)c1.CCCCCCCc1ccc(NC)cc1.CNc1cc(C#N)c(N)s1. The molecule has 0 spiro atoms. The van der Waals surface area contributed by atoms with E-state index in [1.54, 1.807) is 13.1 Å². The van der Waals surface area contributed by atoms with Crippen LogP contribution in [0.25, 0.3) is 0 Å². The molecule has 0 fully saturated rings. The standard InChI is InChI=1S/C19H34N2.C14H23N.C6H7N3S/c1-6-16(7-2)13-21(14-17(8-3)9-4)18-10-11-19(20)15(5)12-18;1-3-4-5-6-7-8-13-9-11-14(15-2)12-10-13;1-9-5-2-4(3-7)6(8)10-5/h10-12,16-17H,6-9,13-14,20H2,1-5H3;9-12,15H,3-8H2,1-2H3;2,9H,8H2,1H3. The predicted molar refractivity (Wildman–Crippen MR) is 207 cm³/mol. The number of hydrogen-bond acceptors (Lipinski definition) is 7. The maximum absolute atomic E-state index is 8.48. The van der Waals surface area contributed by atoms with Crippen molar-refractivity contribution < 1.29 is 0 Å².